The van der Waals surface area contributed by atoms with Crippen LogP contribution in [-0.4, -0.2) is 28.2 Å². The third-order valence-electron chi connectivity index (χ3n) is 2.65. The topological polar surface area (TPSA) is 95.6 Å². The van der Waals surface area contributed by atoms with Gasteiger partial charge in [-0.05, 0) is 12.8 Å². The zero-order valence-electron chi connectivity index (χ0n) is 8.22. The molecule has 1 aliphatic carbocycles. The van der Waals surface area contributed by atoms with Crippen molar-refractivity contribution in [3.8, 4) is 0 Å². The highest BCUT2D eigenvalue weighted by molar-refractivity contribution is 7.52. The van der Waals surface area contributed by atoms with E-state index >= 15 is 0 Å². The van der Waals surface area contributed by atoms with Gasteiger partial charge < -0.3 is 20.8 Å². The van der Waals surface area contributed by atoms with Crippen LogP contribution in [0.3, 0.4) is 0 Å². The van der Waals surface area contributed by atoms with Crippen LogP contribution < -0.4 is 11.1 Å². The van der Waals surface area contributed by atoms with E-state index in [1.807, 2.05) is 0 Å². The van der Waals surface area contributed by atoms with E-state index in [9.17, 15) is 4.57 Å². The Labute approximate surface area is 84.2 Å². The second-order valence-electron chi connectivity index (χ2n) is 3.90. The van der Waals surface area contributed by atoms with Gasteiger partial charge in [0.2, 0.25) is 0 Å². The molecule has 0 heterocycles. The molecule has 0 aromatic heterocycles. The van der Waals surface area contributed by atoms with E-state index in [1.54, 1.807) is 0 Å². The molecule has 0 aromatic carbocycles. The molecule has 1 saturated carbocycles. The van der Waals surface area contributed by atoms with Crippen LogP contribution in [0.2, 0.25) is 0 Å². The van der Waals surface area contributed by atoms with Crippen LogP contribution in [0, 0.1) is 0 Å². The second kappa shape index (κ2) is 5.24. The molecule has 1 aliphatic rings. The molecule has 5 nitrogen and oxygen atoms in total. The summed E-state index contributed by atoms with van der Waals surface area (Å²) in [6.07, 6.45) is 5.84. The van der Waals surface area contributed by atoms with E-state index in [1.165, 1.54) is 19.3 Å². The van der Waals surface area contributed by atoms with Gasteiger partial charge in [-0.15, -0.1) is 0 Å². The van der Waals surface area contributed by atoms with Gasteiger partial charge in [-0.1, -0.05) is 19.3 Å². The molecule has 0 amide bonds. The first-order chi connectivity index (χ1) is 6.50. The van der Waals surface area contributed by atoms with Crippen molar-refractivity contribution in [1.29, 1.82) is 0 Å². The van der Waals surface area contributed by atoms with Crippen LogP contribution in [-0.2, 0) is 4.57 Å². The van der Waals surface area contributed by atoms with E-state index in [4.69, 9.17) is 15.5 Å². The van der Waals surface area contributed by atoms with Crippen LogP contribution in [0.1, 0.15) is 32.1 Å². The quantitative estimate of drug-likeness (QED) is 0.515. The lowest BCUT2D eigenvalue weighted by Crippen LogP contribution is -2.40. The summed E-state index contributed by atoms with van der Waals surface area (Å²) in [5, 5.41) is 3.11. The van der Waals surface area contributed by atoms with Gasteiger partial charge in [0.1, 0.15) is 5.78 Å². The van der Waals surface area contributed by atoms with Crippen LogP contribution in [0.5, 0.6) is 0 Å². The SMILES string of the molecule is N[C@@H](CNC1CCCCC1)P(=O)(O)O. The van der Waals surface area contributed by atoms with Gasteiger partial charge in [-0.25, -0.2) is 0 Å². The maximum absolute atomic E-state index is 10.7. The lowest BCUT2D eigenvalue weighted by molar-refractivity contribution is 0.339. The Bertz CT molecular complexity index is 213. The molecule has 5 N–H and O–H groups in total. The number of rotatable bonds is 4. The lowest BCUT2D eigenvalue weighted by Gasteiger charge is -2.24. The molecule has 0 radical (unpaired) electrons. The van der Waals surface area contributed by atoms with Crippen molar-refractivity contribution in [2.24, 2.45) is 5.73 Å². The Morgan fingerprint density at radius 3 is 2.43 bits per heavy atom. The monoisotopic (exact) mass is 222 g/mol. The van der Waals surface area contributed by atoms with Crippen molar-refractivity contribution >= 4 is 7.60 Å². The summed E-state index contributed by atoms with van der Waals surface area (Å²) in [7, 11) is -4.11. The van der Waals surface area contributed by atoms with E-state index < -0.39 is 13.4 Å². The summed E-state index contributed by atoms with van der Waals surface area (Å²) in [4.78, 5) is 17.5. The highest BCUT2D eigenvalue weighted by atomic mass is 31.2. The Morgan fingerprint density at radius 1 is 1.36 bits per heavy atom. The summed E-state index contributed by atoms with van der Waals surface area (Å²) >= 11 is 0. The van der Waals surface area contributed by atoms with Crippen molar-refractivity contribution in [3.63, 3.8) is 0 Å². The number of hydrogen-bond donors (Lipinski definition) is 4. The second-order valence-corrected chi connectivity index (χ2v) is 5.74. The first-order valence-electron chi connectivity index (χ1n) is 5.04. The van der Waals surface area contributed by atoms with Crippen molar-refractivity contribution in [3.05, 3.63) is 0 Å². The molecule has 1 rings (SSSR count). The molecular formula is C8H19N2O3P. The molecule has 14 heavy (non-hydrogen) atoms. The highest BCUT2D eigenvalue weighted by Crippen LogP contribution is 2.37. The Kier molecular flexibility index (Phi) is 4.54. The largest absolute Gasteiger partial charge is 0.343 e. The molecule has 0 unspecified atom stereocenters. The zero-order valence-corrected chi connectivity index (χ0v) is 9.12. The molecular weight excluding hydrogens is 203 g/mol. The summed E-state index contributed by atoms with van der Waals surface area (Å²) in [5.74, 6) is -1.07. The summed E-state index contributed by atoms with van der Waals surface area (Å²) in [6, 6.07) is 0.390. The molecule has 6 heteroatoms. The average molecular weight is 222 g/mol. The van der Waals surface area contributed by atoms with Gasteiger partial charge in [-0.2, -0.15) is 0 Å². The number of hydrogen-bond acceptors (Lipinski definition) is 3. The summed E-state index contributed by atoms with van der Waals surface area (Å²) in [6.45, 7) is 0.203. The van der Waals surface area contributed by atoms with E-state index in [-0.39, 0.29) is 6.54 Å². The predicted molar refractivity (Wildman–Crippen MR) is 54.9 cm³/mol. The molecule has 0 bridgehead atoms. The van der Waals surface area contributed by atoms with Crippen LogP contribution in [0.15, 0.2) is 0 Å². The molecule has 1 fully saturated rings. The number of nitrogens with one attached hydrogen (secondary N) is 1. The van der Waals surface area contributed by atoms with E-state index in [0.717, 1.165) is 12.8 Å². The molecule has 84 valence electrons. The fourth-order valence-electron chi connectivity index (χ4n) is 1.71. The first-order valence-corrected chi connectivity index (χ1v) is 6.72. The standard InChI is InChI=1S/C8H19N2O3P/c9-8(14(11,12)13)6-10-7-4-2-1-3-5-7/h7-8,10H,1-6,9H2,(H2,11,12,13)/t8-/m1/s1. The van der Waals surface area contributed by atoms with E-state index in [0.29, 0.717) is 6.04 Å². The van der Waals surface area contributed by atoms with Crippen molar-refractivity contribution in [1.82, 2.24) is 5.32 Å². The smallest absolute Gasteiger partial charge is 0.323 e. The molecule has 0 aliphatic heterocycles. The molecule has 0 aromatic rings. The Balaban J connectivity index is 2.22. The molecule has 0 spiro atoms. The maximum Gasteiger partial charge on any atom is 0.343 e. The fourth-order valence-corrected chi connectivity index (χ4v) is 2.06. The Hall–Kier alpha value is 0.0700. The predicted octanol–water partition coefficient (Wildman–Crippen LogP) is 0.371. The highest BCUT2D eigenvalue weighted by Gasteiger charge is 2.25. The van der Waals surface area contributed by atoms with Gasteiger partial charge in [0.05, 0.1) is 0 Å². The van der Waals surface area contributed by atoms with Crippen molar-refractivity contribution in [2.75, 3.05) is 6.54 Å². The maximum atomic E-state index is 10.7. The Morgan fingerprint density at radius 2 is 1.93 bits per heavy atom. The zero-order chi connectivity index (χ0) is 10.6. The van der Waals surface area contributed by atoms with Crippen molar-refractivity contribution < 1.29 is 14.4 Å². The van der Waals surface area contributed by atoms with Gasteiger partial charge in [0.15, 0.2) is 0 Å². The minimum atomic E-state index is -4.11. The fraction of sp³-hybridized carbons (Fsp3) is 1.00. The number of nitrogens with two attached hydrogens (primary N) is 1. The van der Waals surface area contributed by atoms with E-state index in [2.05, 4.69) is 5.32 Å². The van der Waals surface area contributed by atoms with Gasteiger partial charge in [0.25, 0.3) is 0 Å². The summed E-state index contributed by atoms with van der Waals surface area (Å²) in [5.41, 5.74) is 5.34. The minimum absolute atomic E-state index is 0.203. The van der Waals surface area contributed by atoms with Crippen LogP contribution >= 0.6 is 7.60 Å². The first kappa shape index (κ1) is 12.1. The average Bonchev–Trinajstić information content (AvgIpc) is 2.14. The third kappa shape index (κ3) is 4.07. The van der Waals surface area contributed by atoms with Crippen LogP contribution in [0.25, 0.3) is 0 Å². The minimum Gasteiger partial charge on any atom is -0.323 e. The van der Waals surface area contributed by atoms with Crippen molar-refractivity contribution in [2.45, 2.75) is 43.9 Å². The van der Waals surface area contributed by atoms with Gasteiger partial charge in [-0.3, -0.25) is 4.57 Å². The molecule has 1 atom stereocenters. The lowest BCUT2D eigenvalue weighted by atomic mass is 9.95. The summed E-state index contributed by atoms with van der Waals surface area (Å²) < 4.78 is 10.7. The van der Waals surface area contributed by atoms with Gasteiger partial charge in [0, 0.05) is 12.6 Å². The van der Waals surface area contributed by atoms with Gasteiger partial charge >= 0.3 is 7.60 Å². The van der Waals surface area contributed by atoms with Crippen LogP contribution in [0.4, 0.5) is 0 Å². The third-order valence-corrected chi connectivity index (χ3v) is 3.70. The normalized spacial score (nSPS) is 22.2. The molecule has 0 saturated heterocycles.